The lowest BCUT2D eigenvalue weighted by Gasteiger charge is -2.35. The number of Topliss-reactive ketones (excluding diaryl/α,β-unsaturated/α-hetero) is 1. The highest BCUT2D eigenvalue weighted by Crippen LogP contribution is 2.45. The Balaban J connectivity index is 1.87. The van der Waals surface area contributed by atoms with Crippen molar-refractivity contribution in [2.75, 3.05) is 0 Å². The minimum Gasteiger partial charge on any atom is -0.458 e. The monoisotopic (exact) mass is 501 g/mol. The lowest BCUT2D eigenvalue weighted by atomic mass is 9.71. The van der Waals surface area contributed by atoms with E-state index in [1.54, 1.807) is 20.0 Å². The number of ketones is 1. The summed E-state index contributed by atoms with van der Waals surface area (Å²) in [6.07, 6.45) is 4.11. The van der Waals surface area contributed by atoms with Crippen LogP contribution in [-0.4, -0.2) is 57.0 Å². The van der Waals surface area contributed by atoms with Gasteiger partial charge in [-0.05, 0) is 62.8 Å². The first-order chi connectivity index (χ1) is 16.9. The van der Waals surface area contributed by atoms with Crippen LogP contribution in [0.3, 0.4) is 0 Å². The number of aliphatic hydroxyl groups excluding tert-OH is 2. The first-order valence-electron chi connectivity index (χ1n) is 13.3. The predicted octanol–water partition coefficient (Wildman–Crippen LogP) is 4.50. The van der Waals surface area contributed by atoms with E-state index >= 15 is 0 Å². The van der Waals surface area contributed by atoms with Gasteiger partial charge in [0.2, 0.25) is 0 Å². The van der Waals surface area contributed by atoms with Crippen molar-refractivity contribution in [2.24, 2.45) is 17.3 Å². The molecule has 1 aromatic heterocycles. The van der Waals surface area contributed by atoms with Gasteiger partial charge in [0.1, 0.15) is 11.9 Å². The van der Waals surface area contributed by atoms with Crippen LogP contribution in [0, 0.1) is 17.3 Å². The molecule has 0 saturated carbocycles. The Morgan fingerprint density at radius 3 is 2.58 bits per heavy atom. The molecule has 0 unspecified atom stereocenters. The maximum Gasteiger partial charge on any atom is 0.309 e. The molecule has 0 bridgehead atoms. The smallest absolute Gasteiger partial charge is 0.309 e. The molecule has 36 heavy (non-hydrogen) atoms. The second-order valence-corrected chi connectivity index (χ2v) is 11.5. The van der Waals surface area contributed by atoms with Crippen LogP contribution in [0.5, 0.6) is 0 Å². The quantitative estimate of drug-likeness (QED) is 0.464. The van der Waals surface area contributed by atoms with E-state index < -0.39 is 35.6 Å². The van der Waals surface area contributed by atoms with Gasteiger partial charge in [0.25, 0.3) is 0 Å². The Morgan fingerprint density at radius 2 is 1.94 bits per heavy atom. The Kier molecular flexibility index (Phi) is 9.12. The van der Waals surface area contributed by atoms with Crippen molar-refractivity contribution < 1.29 is 29.3 Å². The molecule has 0 spiro atoms. The molecule has 2 N–H and O–H groups in total. The van der Waals surface area contributed by atoms with Crippen LogP contribution >= 0.6 is 0 Å². The summed E-state index contributed by atoms with van der Waals surface area (Å²) in [6, 6.07) is 5.63. The van der Waals surface area contributed by atoms with E-state index in [1.807, 2.05) is 45.0 Å². The van der Waals surface area contributed by atoms with Crippen molar-refractivity contribution in [1.82, 2.24) is 4.98 Å². The van der Waals surface area contributed by atoms with Crippen LogP contribution in [0.25, 0.3) is 6.08 Å². The molecule has 1 aromatic rings. The number of nitrogens with zero attached hydrogens (tertiary/aromatic N) is 1. The van der Waals surface area contributed by atoms with Gasteiger partial charge in [0.05, 0.1) is 41.4 Å². The van der Waals surface area contributed by atoms with E-state index in [4.69, 9.17) is 9.47 Å². The molecule has 2 aliphatic heterocycles. The molecule has 0 radical (unpaired) electrons. The summed E-state index contributed by atoms with van der Waals surface area (Å²) < 4.78 is 12.0. The average Bonchev–Trinajstić information content (AvgIpc) is 3.47. The second kappa shape index (κ2) is 11.5. The zero-order chi connectivity index (χ0) is 26.7. The SMILES string of the molecule is CC[C@H]1C(=O)C(C)(C)[C@@H](O)CC(=O)O[C@H](C(C)=Cc2ccccn2)C[C@@H]2O[C@]2(C)CCC[C@H](C)[C@@H]1O. The number of aromatic nitrogens is 1. The summed E-state index contributed by atoms with van der Waals surface area (Å²) in [5.74, 6) is -1.47. The van der Waals surface area contributed by atoms with Crippen LogP contribution in [0.15, 0.2) is 30.0 Å². The van der Waals surface area contributed by atoms with Gasteiger partial charge >= 0.3 is 5.97 Å². The van der Waals surface area contributed by atoms with Crippen molar-refractivity contribution in [3.63, 3.8) is 0 Å². The van der Waals surface area contributed by atoms with Gasteiger partial charge in [-0.15, -0.1) is 0 Å². The van der Waals surface area contributed by atoms with E-state index in [0.717, 1.165) is 30.5 Å². The summed E-state index contributed by atoms with van der Waals surface area (Å²) in [7, 11) is 0. The third kappa shape index (κ3) is 6.61. The van der Waals surface area contributed by atoms with Gasteiger partial charge < -0.3 is 19.7 Å². The van der Waals surface area contributed by atoms with Crippen molar-refractivity contribution in [3.8, 4) is 0 Å². The third-order valence-electron chi connectivity index (χ3n) is 8.24. The Morgan fingerprint density at radius 1 is 1.22 bits per heavy atom. The molecule has 0 aromatic carbocycles. The Hall–Kier alpha value is -2.09. The summed E-state index contributed by atoms with van der Waals surface area (Å²) in [4.78, 5) is 30.8. The predicted molar refractivity (Wildman–Crippen MR) is 138 cm³/mol. The van der Waals surface area contributed by atoms with Crippen LogP contribution in [0.2, 0.25) is 0 Å². The van der Waals surface area contributed by atoms with Crippen LogP contribution in [0.4, 0.5) is 0 Å². The zero-order valence-corrected chi connectivity index (χ0v) is 22.6. The third-order valence-corrected chi connectivity index (χ3v) is 8.24. The topological polar surface area (TPSA) is 109 Å². The first-order valence-corrected chi connectivity index (χ1v) is 13.3. The number of cyclic esters (lactones) is 1. The number of ether oxygens (including phenoxy) is 2. The number of rotatable bonds is 3. The molecule has 2 aliphatic rings. The van der Waals surface area contributed by atoms with E-state index in [0.29, 0.717) is 12.8 Å². The van der Waals surface area contributed by atoms with Gasteiger partial charge in [0.15, 0.2) is 0 Å². The lowest BCUT2D eigenvalue weighted by molar-refractivity contribution is -0.154. The highest BCUT2D eigenvalue weighted by atomic mass is 16.6. The van der Waals surface area contributed by atoms with Gasteiger partial charge in [-0.2, -0.15) is 0 Å². The van der Waals surface area contributed by atoms with E-state index in [2.05, 4.69) is 11.9 Å². The molecule has 2 fully saturated rings. The maximum absolute atomic E-state index is 13.4. The zero-order valence-electron chi connectivity index (χ0n) is 22.6. The molecular formula is C29H43NO6. The van der Waals surface area contributed by atoms with Crippen molar-refractivity contribution >= 4 is 17.8 Å². The largest absolute Gasteiger partial charge is 0.458 e. The molecular weight excluding hydrogens is 458 g/mol. The van der Waals surface area contributed by atoms with Crippen LogP contribution in [0.1, 0.15) is 85.8 Å². The Bertz CT molecular complexity index is 944. The molecule has 0 aliphatic carbocycles. The number of carbonyl (C=O) groups is 2. The van der Waals surface area contributed by atoms with Crippen molar-refractivity contribution in [2.45, 2.75) is 110 Å². The van der Waals surface area contributed by atoms with Gasteiger partial charge in [-0.1, -0.05) is 40.2 Å². The van der Waals surface area contributed by atoms with E-state index in [9.17, 15) is 19.8 Å². The molecule has 200 valence electrons. The fraction of sp³-hybridized carbons (Fsp3) is 0.690. The molecule has 3 rings (SSSR count). The van der Waals surface area contributed by atoms with Crippen LogP contribution < -0.4 is 0 Å². The maximum atomic E-state index is 13.4. The molecule has 7 atom stereocenters. The minimum absolute atomic E-state index is 0.0538. The standard InChI is InChI=1S/C29H43NO6/c1-7-21-26(33)18(2)11-10-13-29(6)24(36-29)16-22(19(3)15-20-12-8-9-14-30-20)35-25(32)17-23(31)28(4,5)27(21)34/h8-9,12,14-15,18,21-24,26,31,33H,7,10-11,13,16-17H2,1-6H3/t18-,21+,22-,23-,24-,26-,29+/m0/s1. The molecule has 0 amide bonds. The van der Waals surface area contributed by atoms with Gasteiger partial charge in [0, 0.05) is 18.5 Å². The van der Waals surface area contributed by atoms with Crippen molar-refractivity contribution in [1.29, 1.82) is 0 Å². The number of esters is 1. The molecule has 2 saturated heterocycles. The molecule has 7 nitrogen and oxygen atoms in total. The number of hydrogen-bond donors (Lipinski definition) is 2. The lowest BCUT2D eigenvalue weighted by Crippen LogP contribution is -2.46. The molecule has 7 heteroatoms. The fourth-order valence-corrected chi connectivity index (χ4v) is 5.30. The molecule has 3 heterocycles. The number of fused-ring (bicyclic) bond motifs is 1. The number of carbonyl (C=O) groups excluding carboxylic acids is 2. The van der Waals surface area contributed by atoms with Gasteiger partial charge in [-0.25, -0.2) is 0 Å². The summed E-state index contributed by atoms with van der Waals surface area (Å²) in [5.41, 5.74) is 0.0968. The van der Waals surface area contributed by atoms with Crippen LogP contribution in [-0.2, 0) is 19.1 Å². The normalized spacial score (nSPS) is 36.6. The summed E-state index contributed by atoms with van der Waals surface area (Å²) >= 11 is 0. The summed E-state index contributed by atoms with van der Waals surface area (Å²) in [6.45, 7) is 11.1. The summed E-state index contributed by atoms with van der Waals surface area (Å²) in [5, 5.41) is 22.0. The second-order valence-electron chi connectivity index (χ2n) is 11.5. The number of pyridine rings is 1. The number of aliphatic hydroxyl groups is 2. The highest BCUT2D eigenvalue weighted by molar-refractivity contribution is 5.88. The van der Waals surface area contributed by atoms with E-state index in [1.165, 1.54) is 0 Å². The minimum atomic E-state index is -1.23. The first kappa shape index (κ1) is 28.5. The fourth-order valence-electron chi connectivity index (χ4n) is 5.30. The average molecular weight is 502 g/mol. The number of epoxide rings is 1. The van der Waals surface area contributed by atoms with Gasteiger partial charge in [-0.3, -0.25) is 14.6 Å². The Labute approximate surface area is 215 Å². The van der Waals surface area contributed by atoms with Crippen molar-refractivity contribution in [3.05, 3.63) is 35.7 Å². The van der Waals surface area contributed by atoms with E-state index in [-0.39, 0.29) is 29.8 Å². The number of hydrogen-bond acceptors (Lipinski definition) is 7. The highest BCUT2D eigenvalue weighted by Gasteiger charge is 2.53.